The maximum absolute atomic E-state index is 11.0. The summed E-state index contributed by atoms with van der Waals surface area (Å²) in [5, 5.41) is 12.9. The van der Waals surface area contributed by atoms with Crippen LogP contribution < -0.4 is 4.90 Å². The Labute approximate surface area is 115 Å². The number of carbonyl (C=O) groups is 1. The number of rotatable bonds is 3. The first-order valence-corrected chi connectivity index (χ1v) is 6.38. The van der Waals surface area contributed by atoms with Crippen LogP contribution in [-0.4, -0.2) is 39.3 Å². The van der Waals surface area contributed by atoms with Gasteiger partial charge in [-0.25, -0.2) is 4.98 Å². The first kappa shape index (κ1) is 12.6. The molecule has 1 atom stereocenters. The molecule has 0 aromatic carbocycles. The molecule has 3 heterocycles. The zero-order valence-electron chi connectivity index (χ0n) is 11.0. The standard InChI is InChI=1S/C13H14N4O3/c1-8-15-12(20-16-8)10-3-2-5-14-11(10)17-6-4-9(7-17)13(18)19/h2-3,5,9H,4,6-7H2,1H3,(H,18,19)/t9-/m0/s1. The summed E-state index contributed by atoms with van der Waals surface area (Å²) in [5.41, 5.74) is 0.735. The summed E-state index contributed by atoms with van der Waals surface area (Å²) >= 11 is 0. The fourth-order valence-electron chi connectivity index (χ4n) is 2.38. The largest absolute Gasteiger partial charge is 0.481 e. The average molecular weight is 274 g/mol. The molecule has 0 aliphatic carbocycles. The predicted molar refractivity (Wildman–Crippen MR) is 70.2 cm³/mol. The van der Waals surface area contributed by atoms with Crippen molar-refractivity contribution in [2.24, 2.45) is 5.92 Å². The molecule has 7 heteroatoms. The van der Waals surface area contributed by atoms with Crippen molar-refractivity contribution in [1.82, 2.24) is 15.1 Å². The van der Waals surface area contributed by atoms with Crippen LogP contribution in [0.5, 0.6) is 0 Å². The molecule has 7 nitrogen and oxygen atoms in total. The molecule has 104 valence electrons. The average Bonchev–Trinajstić information content (AvgIpc) is 3.07. The Morgan fingerprint density at radius 3 is 3.05 bits per heavy atom. The number of anilines is 1. The number of hydrogen-bond acceptors (Lipinski definition) is 6. The Kier molecular flexibility index (Phi) is 3.09. The minimum Gasteiger partial charge on any atom is -0.481 e. The third-order valence-corrected chi connectivity index (χ3v) is 3.38. The summed E-state index contributed by atoms with van der Waals surface area (Å²) in [5.74, 6) is 0.539. The van der Waals surface area contributed by atoms with Crippen LogP contribution in [0.4, 0.5) is 5.82 Å². The molecule has 0 unspecified atom stereocenters. The quantitative estimate of drug-likeness (QED) is 0.903. The van der Waals surface area contributed by atoms with Crippen LogP contribution in [0.15, 0.2) is 22.9 Å². The van der Waals surface area contributed by atoms with Crippen molar-refractivity contribution < 1.29 is 14.4 Å². The highest BCUT2D eigenvalue weighted by atomic mass is 16.5. The van der Waals surface area contributed by atoms with Gasteiger partial charge in [0.2, 0.25) is 0 Å². The van der Waals surface area contributed by atoms with Crippen LogP contribution in [0.25, 0.3) is 11.5 Å². The normalized spacial score (nSPS) is 18.4. The highest BCUT2D eigenvalue weighted by molar-refractivity contribution is 5.74. The Hall–Kier alpha value is -2.44. The number of aromatic nitrogens is 3. The van der Waals surface area contributed by atoms with Crippen LogP contribution in [0.2, 0.25) is 0 Å². The van der Waals surface area contributed by atoms with E-state index in [1.807, 2.05) is 11.0 Å². The number of pyridine rings is 1. The second kappa shape index (κ2) is 4.92. The van der Waals surface area contributed by atoms with E-state index in [0.29, 0.717) is 37.0 Å². The van der Waals surface area contributed by atoms with Crippen LogP contribution >= 0.6 is 0 Å². The maximum Gasteiger partial charge on any atom is 0.308 e. The van der Waals surface area contributed by atoms with Gasteiger partial charge in [-0.3, -0.25) is 4.79 Å². The Morgan fingerprint density at radius 2 is 2.40 bits per heavy atom. The molecule has 3 rings (SSSR count). The lowest BCUT2D eigenvalue weighted by Crippen LogP contribution is -2.24. The molecule has 1 aliphatic rings. The van der Waals surface area contributed by atoms with E-state index in [9.17, 15) is 4.79 Å². The van der Waals surface area contributed by atoms with Crippen molar-refractivity contribution in [3.63, 3.8) is 0 Å². The van der Waals surface area contributed by atoms with Crippen LogP contribution in [0.1, 0.15) is 12.2 Å². The lowest BCUT2D eigenvalue weighted by Gasteiger charge is -2.18. The van der Waals surface area contributed by atoms with E-state index in [-0.39, 0.29) is 5.92 Å². The van der Waals surface area contributed by atoms with Crippen LogP contribution in [0, 0.1) is 12.8 Å². The molecule has 0 radical (unpaired) electrons. The van der Waals surface area contributed by atoms with Gasteiger partial charge in [0, 0.05) is 19.3 Å². The molecule has 1 aliphatic heterocycles. The molecule has 2 aromatic rings. The molecule has 1 N–H and O–H groups in total. The highest BCUT2D eigenvalue weighted by Crippen LogP contribution is 2.31. The molecule has 2 aromatic heterocycles. The fraction of sp³-hybridized carbons (Fsp3) is 0.385. The first-order chi connectivity index (χ1) is 9.65. The molecule has 1 saturated heterocycles. The summed E-state index contributed by atoms with van der Waals surface area (Å²) in [6.07, 6.45) is 2.30. The Balaban J connectivity index is 1.93. The predicted octanol–water partition coefficient (Wildman–Crippen LogP) is 1.35. The number of aryl methyl sites for hydroxylation is 1. The van der Waals surface area contributed by atoms with Gasteiger partial charge in [0.1, 0.15) is 5.82 Å². The minimum absolute atomic E-state index is 0.353. The molecule has 0 amide bonds. The van der Waals surface area contributed by atoms with Gasteiger partial charge in [-0.15, -0.1) is 0 Å². The van der Waals surface area contributed by atoms with Gasteiger partial charge in [-0.05, 0) is 25.5 Å². The van der Waals surface area contributed by atoms with Crippen molar-refractivity contribution in [1.29, 1.82) is 0 Å². The second-order valence-corrected chi connectivity index (χ2v) is 4.79. The lowest BCUT2D eigenvalue weighted by atomic mass is 10.1. The molecule has 0 saturated carbocycles. The fourth-order valence-corrected chi connectivity index (χ4v) is 2.38. The van der Waals surface area contributed by atoms with E-state index in [1.54, 1.807) is 19.2 Å². The molecule has 20 heavy (non-hydrogen) atoms. The monoisotopic (exact) mass is 274 g/mol. The van der Waals surface area contributed by atoms with Crippen molar-refractivity contribution in [2.45, 2.75) is 13.3 Å². The topological polar surface area (TPSA) is 92.4 Å². The van der Waals surface area contributed by atoms with E-state index in [2.05, 4.69) is 15.1 Å². The van der Waals surface area contributed by atoms with Gasteiger partial charge in [0.15, 0.2) is 5.82 Å². The summed E-state index contributed by atoms with van der Waals surface area (Å²) in [4.78, 5) is 21.6. The molecule has 0 bridgehead atoms. The summed E-state index contributed by atoms with van der Waals surface area (Å²) in [7, 11) is 0. The smallest absolute Gasteiger partial charge is 0.308 e. The van der Waals surface area contributed by atoms with Crippen molar-refractivity contribution >= 4 is 11.8 Å². The maximum atomic E-state index is 11.0. The van der Waals surface area contributed by atoms with E-state index >= 15 is 0 Å². The number of hydrogen-bond donors (Lipinski definition) is 1. The first-order valence-electron chi connectivity index (χ1n) is 6.38. The summed E-state index contributed by atoms with van der Waals surface area (Å²) < 4.78 is 5.18. The van der Waals surface area contributed by atoms with Crippen LogP contribution in [-0.2, 0) is 4.79 Å². The SMILES string of the molecule is Cc1noc(-c2cccnc2N2CC[C@H](C(=O)O)C2)n1. The molecule has 1 fully saturated rings. The zero-order chi connectivity index (χ0) is 14.1. The number of nitrogens with zero attached hydrogens (tertiary/aromatic N) is 4. The summed E-state index contributed by atoms with van der Waals surface area (Å²) in [6.45, 7) is 2.86. The van der Waals surface area contributed by atoms with Gasteiger partial charge in [0.25, 0.3) is 5.89 Å². The number of aliphatic carboxylic acids is 1. The van der Waals surface area contributed by atoms with Crippen molar-refractivity contribution in [2.75, 3.05) is 18.0 Å². The lowest BCUT2D eigenvalue weighted by molar-refractivity contribution is -0.140. The zero-order valence-corrected chi connectivity index (χ0v) is 11.0. The van der Waals surface area contributed by atoms with Gasteiger partial charge >= 0.3 is 5.97 Å². The van der Waals surface area contributed by atoms with Gasteiger partial charge < -0.3 is 14.5 Å². The molecular weight excluding hydrogens is 260 g/mol. The molecule has 0 spiro atoms. The Bertz CT molecular complexity index is 640. The van der Waals surface area contributed by atoms with Gasteiger partial charge in [0.05, 0.1) is 11.5 Å². The summed E-state index contributed by atoms with van der Waals surface area (Å²) in [6, 6.07) is 3.65. The minimum atomic E-state index is -0.765. The van der Waals surface area contributed by atoms with E-state index in [4.69, 9.17) is 9.63 Å². The van der Waals surface area contributed by atoms with Gasteiger partial charge in [-0.1, -0.05) is 5.16 Å². The van der Waals surface area contributed by atoms with Crippen molar-refractivity contribution in [3.05, 3.63) is 24.2 Å². The van der Waals surface area contributed by atoms with E-state index < -0.39 is 5.97 Å². The Morgan fingerprint density at radius 1 is 1.55 bits per heavy atom. The number of carboxylic acid groups (broad SMARTS) is 1. The second-order valence-electron chi connectivity index (χ2n) is 4.79. The van der Waals surface area contributed by atoms with Gasteiger partial charge in [-0.2, -0.15) is 4.98 Å². The third-order valence-electron chi connectivity index (χ3n) is 3.38. The highest BCUT2D eigenvalue weighted by Gasteiger charge is 2.30. The third kappa shape index (κ3) is 2.22. The van der Waals surface area contributed by atoms with Crippen molar-refractivity contribution in [3.8, 4) is 11.5 Å². The van der Waals surface area contributed by atoms with E-state index in [1.165, 1.54) is 0 Å². The number of carboxylic acids is 1. The molecular formula is C13H14N4O3. The van der Waals surface area contributed by atoms with Crippen LogP contribution in [0.3, 0.4) is 0 Å². The van der Waals surface area contributed by atoms with E-state index in [0.717, 1.165) is 5.56 Å².